The van der Waals surface area contributed by atoms with Gasteiger partial charge >= 0.3 is 0 Å². The molecular weight excluding hydrogens is 521 g/mol. The number of carbonyl (C=O) groups excluding carboxylic acids is 2. The molecule has 0 aliphatic carbocycles. The van der Waals surface area contributed by atoms with Gasteiger partial charge in [0.1, 0.15) is 18.1 Å². The first kappa shape index (κ1) is 27.8. The highest BCUT2D eigenvalue weighted by Gasteiger charge is 2.22. The lowest BCUT2D eigenvalue weighted by Gasteiger charge is -2.24. The Morgan fingerprint density at radius 2 is 1.69 bits per heavy atom. The van der Waals surface area contributed by atoms with Crippen LogP contribution in [0.2, 0.25) is 5.02 Å². The fourth-order valence-corrected chi connectivity index (χ4v) is 4.10. The van der Waals surface area contributed by atoms with Crippen molar-refractivity contribution in [2.75, 3.05) is 46.2 Å². The van der Waals surface area contributed by atoms with Crippen molar-refractivity contribution >= 4 is 29.4 Å². The summed E-state index contributed by atoms with van der Waals surface area (Å²) in [5, 5.41) is 3.14. The van der Waals surface area contributed by atoms with Crippen molar-refractivity contribution in [2.45, 2.75) is 0 Å². The van der Waals surface area contributed by atoms with Crippen LogP contribution < -0.4 is 10.1 Å². The number of halogens is 2. The summed E-state index contributed by atoms with van der Waals surface area (Å²) >= 11 is 6.27. The van der Waals surface area contributed by atoms with Crippen molar-refractivity contribution in [3.8, 4) is 22.7 Å². The Labute approximate surface area is 231 Å². The van der Waals surface area contributed by atoms with Crippen LogP contribution >= 0.6 is 11.6 Å². The summed E-state index contributed by atoms with van der Waals surface area (Å²) in [5.41, 5.74) is 2.32. The van der Waals surface area contributed by atoms with E-state index in [1.807, 2.05) is 43.3 Å². The number of anilines is 1. The normalized spacial score (nSPS) is 10.9. The van der Waals surface area contributed by atoms with Gasteiger partial charge in [0, 0.05) is 30.5 Å². The fourth-order valence-electron chi connectivity index (χ4n) is 3.88. The number of likely N-dealkylation sites (N-methyl/N-ethyl adjacent to an activating group) is 1. The molecule has 2 amide bonds. The molecule has 0 radical (unpaired) electrons. The molecule has 3 aromatic carbocycles. The van der Waals surface area contributed by atoms with Gasteiger partial charge in [-0.2, -0.15) is 0 Å². The number of rotatable bonds is 10. The molecule has 1 heterocycles. The summed E-state index contributed by atoms with van der Waals surface area (Å²) in [4.78, 5) is 34.6. The minimum absolute atomic E-state index is 0.216. The molecule has 1 aromatic heterocycles. The van der Waals surface area contributed by atoms with Crippen LogP contribution in [0.4, 0.5) is 10.3 Å². The molecule has 0 unspecified atom stereocenters. The van der Waals surface area contributed by atoms with Crippen LogP contribution in [0.25, 0.3) is 16.9 Å². The minimum atomic E-state index is -0.440. The van der Waals surface area contributed by atoms with Gasteiger partial charge in [-0.15, -0.1) is 0 Å². The SMILES string of the molecule is COc1ccc(-c2cn(-c3ccc(F)cc3)c(NC(=O)CN(CCN(C)C)C(=O)c3ccccc3Cl)n2)cc1. The zero-order valence-electron chi connectivity index (χ0n) is 21.9. The summed E-state index contributed by atoms with van der Waals surface area (Å²) in [6.07, 6.45) is 1.75. The zero-order valence-corrected chi connectivity index (χ0v) is 22.7. The van der Waals surface area contributed by atoms with Gasteiger partial charge in [0.25, 0.3) is 5.91 Å². The van der Waals surface area contributed by atoms with Gasteiger partial charge in [-0.1, -0.05) is 23.7 Å². The van der Waals surface area contributed by atoms with Gasteiger partial charge < -0.3 is 14.5 Å². The van der Waals surface area contributed by atoms with Crippen LogP contribution in [-0.2, 0) is 4.79 Å². The fraction of sp³-hybridized carbons (Fsp3) is 0.207. The number of hydrogen-bond acceptors (Lipinski definition) is 5. The summed E-state index contributed by atoms with van der Waals surface area (Å²) in [6.45, 7) is 0.648. The van der Waals surface area contributed by atoms with Crippen molar-refractivity contribution < 1.29 is 18.7 Å². The van der Waals surface area contributed by atoms with Crippen LogP contribution in [0.3, 0.4) is 0 Å². The molecule has 0 aliphatic heterocycles. The van der Waals surface area contributed by atoms with E-state index in [-0.39, 0.29) is 24.2 Å². The third-order valence-electron chi connectivity index (χ3n) is 5.99. The van der Waals surface area contributed by atoms with Gasteiger partial charge in [-0.25, -0.2) is 9.37 Å². The van der Waals surface area contributed by atoms with Crippen LogP contribution in [-0.4, -0.2) is 72.0 Å². The maximum absolute atomic E-state index is 13.6. The Balaban J connectivity index is 1.62. The Morgan fingerprint density at radius 3 is 2.33 bits per heavy atom. The molecule has 0 spiro atoms. The van der Waals surface area contributed by atoms with E-state index in [9.17, 15) is 14.0 Å². The topological polar surface area (TPSA) is 79.7 Å². The van der Waals surface area contributed by atoms with E-state index in [1.54, 1.807) is 54.3 Å². The predicted octanol–water partition coefficient (Wildman–Crippen LogP) is 4.98. The highest BCUT2D eigenvalue weighted by atomic mass is 35.5. The van der Waals surface area contributed by atoms with E-state index < -0.39 is 5.91 Å². The van der Waals surface area contributed by atoms with E-state index in [0.29, 0.717) is 40.8 Å². The number of amides is 2. The summed E-state index contributed by atoms with van der Waals surface area (Å²) in [5.74, 6) is -0.237. The largest absolute Gasteiger partial charge is 0.497 e. The second-order valence-electron chi connectivity index (χ2n) is 9.08. The van der Waals surface area contributed by atoms with Gasteiger partial charge in [0.05, 0.1) is 23.4 Å². The van der Waals surface area contributed by atoms with E-state index in [0.717, 1.165) is 5.56 Å². The lowest BCUT2D eigenvalue weighted by atomic mass is 10.1. The molecule has 0 saturated carbocycles. The number of carbonyl (C=O) groups is 2. The average Bonchev–Trinajstić information content (AvgIpc) is 3.34. The molecule has 202 valence electrons. The maximum Gasteiger partial charge on any atom is 0.255 e. The molecule has 0 atom stereocenters. The number of ether oxygens (including phenoxy) is 1. The summed E-state index contributed by atoms with van der Waals surface area (Å²) in [6, 6.07) is 19.9. The third kappa shape index (κ3) is 7.01. The van der Waals surface area contributed by atoms with Crippen molar-refractivity contribution in [2.24, 2.45) is 0 Å². The second kappa shape index (κ2) is 12.6. The smallest absolute Gasteiger partial charge is 0.255 e. The van der Waals surface area contributed by atoms with E-state index in [4.69, 9.17) is 16.3 Å². The lowest BCUT2D eigenvalue weighted by molar-refractivity contribution is -0.117. The molecule has 0 fully saturated rings. The molecular formula is C29H29ClFN5O3. The summed E-state index contributed by atoms with van der Waals surface area (Å²) < 4.78 is 20.5. The highest BCUT2D eigenvalue weighted by Crippen LogP contribution is 2.26. The second-order valence-corrected chi connectivity index (χ2v) is 9.49. The molecule has 0 aliphatic rings. The monoisotopic (exact) mass is 549 g/mol. The van der Waals surface area contributed by atoms with Crippen LogP contribution in [0.15, 0.2) is 79.0 Å². The number of nitrogens with zero attached hydrogens (tertiary/aromatic N) is 4. The predicted molar refractivity (Wildman–Crippen MR) is 150 cm³/mol. The summed E-state index contributed by atoms with van der Waals surface area (Å²) in [7, 11) is 5.36. The van der Waals surface area contributed by atoms with Crippen molar-refractivity contribution in [1.82, 2.24) is 19.4 Å². The number of hydrogen-bond donors (Lipinski definition) is 1. The molecule has 10 heteroatoms. The van der Waals surface area contributed by atoms with Crippen molar-refractivity contribution in [1.29, 1.82) is 0 Å². The van der Waals surface area contributed by atoms with Gasteiger partial charge in [-0.05, 0) is 74.8 Å². The van der Waals surface area contributed by atoms with Crippen LogP contribution in [0, 0.1) is 5.82 Å². The van der Waals surface area contributed by atoms with Crippen LogP contribution in [0.1, 0.15) is 10.4 Å². The molecule has 39 heavy (non-hydrogen) atoms. The Morgan fingerprint density at radius 1 is 1.00 bits per heavy atom. The molecule has 4 aromatic rings. The first-order chi connectivity index (χ1) is 18.7. The molecule has 4 rings (SSSR count). The van der Waals surface area contributed by atoms with Crippen molar-refractivity contribution in [3.63, 3.8) is 0 Å². The standard InChI is InChI=1S/C29H29ClFN5O3/c1-34(2)16-17-35(28(38)24-6-4-5-7-25(24)30)19-27(37)33-29-32-26(20-8-14-23(39-3)15-9-20)18-36(29)22-12-10-21(31)11-13-22/h4-15,18H,16-17,19H2,1-3H3,(H,32,33,37). The number of benzene rings is 3. The van der Waals surface area contributed by atoms with Gasteiger partial charge in [0.2, 0.25) is 11.9 Å². The minimum Gasteiger partial charge on any atom is -0.497 e. The maximum atomic E-state index is 13.6. The first-order valence-electron chi connectivity index (χ1n) is 12.2. The number of aromatic nitrogens is 2. The van der Waals surface area contributed by atoms with E-state index in [2.05, 4.69) is 10.3 Å². The molecule has 0 bridgehead atoms. The van der Waals surface area contributed by atoms with E-state index in [1.165, 1.54) is 17.0 Å². The zero-order chi connectivity index (χ0) is 27.9. The number of nitrogens with one attached hydrogen (secondary N) is 1. The quantitative estimate of drug-likeness (QED) is 0.302. The van der Waals surface area contributed by atoms with E-state index >= 15 is 0 Å². The molecule has 0 saturated heterocycles. The Bertz CT molecular complexity index is 1440. The van der Waals surface area contributed by atoms with Crippen LogP contribution in [0.5, 0.6) is 5.75 Å². The molecule has 8 nitrogen and oxygen atoms in total. The van der Waals surface area contributed by atoms with Gasteiger partial charge in [-0.3, -0.25) is 19.5 Å². The third-order valence-corrected chi connectivity index (χ3v) is 6.32. The lowest BCUT2D eigenvalue weighted by Crippen LogP contribution is -2.42. The first-order valence-corrected chi connectivity index (χ1v) is 12.6. The average molecular weight is 550 g/mol. The Kier molecular flexibility index (Phi) is 8.96. The number of imidazole rings is 1. The van der Waals surface area contributed by atoms with Gasteiger partial charge in [0.15, 0.2) is 0 Å². The molecule has 1 N–H and O–H groups in total. The Hall–Kier alpha value is -4.21. The van der Waals surface area contributed by atoms with Crippen molar-refractivity contribution in [3.05, 3.63) is 95.4 Å². The number of methoxy groups -OCH3 is 1. The highest BCUT2D eigenvalue weighted by molar-refractivity contribution is 6.33.